The summed E-state index contributed by atoms with van der Waals surface area (Å²) in [6, 6.07) is 17.1. The van der Waals surface area contributed by atoms with E-state index in [4.69, 9.17) is 21.3 Å². The van der Waals surface area contributed by atoms with Gasteiger partial charge < -0.3 is 4.42 Å². The number of thiazole rings is 1. The van der Waals surface area contributed by atoms with Gasteiger partial charge in [0.25, 0.3) is 5.91 Å². The zero-order valence-electron chi connectivity index (χ0n) is 14.2. The molecule has 1 amide bonds. The number of hydrazone groups is 1. The van der Waals surface area contributed by atoms with Crippen LogP contribution in [0.5, 0.6) is 0 Å². The molecule has 2 aromatic heterocycles. The number of nitrogens with zero attached hydrogens (tertiary/aromatic N) is 4. The molecule has 4 rings (SSSR count). The second-order valence-corrected chi connectivity index (χ2v) is 7.12. The number of nitriles is 1. The number of aromatic nitrogens is 1. The Morgan fingerprint density at radius 3 is 2.79 bits per heavy atom. The van der Waals surface area contributed by atoms with E-state index >= 15 is 0 Å². The van der Waals surface area contributed by atoms with Crippen LogP contribution in [0.1, 0.15) is 21.7 Å². The Labute approximate surface area is 168 Å². The van der Waals surface area contributed by atoms with Gasteiger partial charge in [-0.25, -0.2) is 4.98 Å². The molecule has 28 heavy (non-hydrogen) atoms. The summed E-state index contributed by atoms with van der Waals surface area (Å²) in [7, 11) is 0. The van der Waals surface area contributed by atoms with Crippen molar-refractivity contribution in [2.45, 2.75) is 0 Å². The molecule has 0 saturated carbocycles. The van der Waals surface area contributed by atoms with E-state index in [1.54, 1.807) is 54.6 Å². The number of carbonyl (C=O) groups excluding carboxylic acids is 1. The largest absolute Gasteiger partial charge is 0.463 e. The van der Waals surface area contributed by atoms with Gasteiger partial charge in [0.2, 0.25) is 5.13 Å². The zero-order chi connectivity index (χ0) is 19.5. The highest BCUT2D eigenvalue weighted by Gasteiger charge is 2.21. The first-order valence-corrected chi connectivity index (χ1v) is 9.32. The fourth-order valence-corrected chi connectivity index (χ4v) is 3.65. The molecule has 0 aliphatic carbocycles. The SMILES string of the molecule is N#Cc1ccc(C(=O)N(/N=C/c2ccco2)c2nc3ccc(Cl)cc3s2)cc1. The van der Waals surface area contributed by atoms with E-state index in [2.05, 4.69) is 10.1 Å². The lowest BCUT2D eigenvalue weighted by Gasteiger charge is -2.13. The van der Waals surface area contributed by atoms with Gasteiger partial charge >= 0.3 is 0 Å². The molecule has 0 radical (unpaired) electrons. The van der Waals surface area contributed by atoms with E-state index in [0.717, 1.165) is 10.2 Å². The first-order chi connectivity index (χ1) is 13.6. The van der Waals surface area contributed by atoms with Crippen LogP contribution in [0, 0.1) is 11.3 Å². The first-order valence-electron chi connectivity index (χ1n) is 8.12. The number of anilines is 1. The molecule has 2 heterocycles. The molecule has 0 aliphatic rings. The van der Waals surface area contributed by atoms with Crippen LogP contribution in [0.3, 0.4) is 0 Å². The van der Waals surface area contributed by atoms with Crippen LogP contribution in [0.25, 0.3) is 10.2 Å². The number of amides is 1. The third kappa shape index (κ3) is 3.64. The highest BCUT2D eigenvalue weighted by molar-refractivity contribution is 7.22. The van der Waals surface area contributed by atoms with Gasteiger partial charge in [-0.05, 0) is 54.6 Å². The fourth-order valence-electron chi connectivity index (χ4n) is 2.45. The van der Waals surface area contributed by atoms with Crippen molar-refractivity contribution in [1.29, 1.82) is 5.26 Å². The van der Waals surface area contributed by atoms with Gasteiger partial charge in [0, 0.05) is 10.6 Å². The third-order valence-electron chi connectivity index (χ3n) is 3.82. The second kappa shape index (κ2) is 7.64. The van der Waals surface area contributed by atoms with E-state index in [1.165, 1.54) is 28.8 Å². The molecule has 0 bridgehead atoms. The summed E-state index contributed by atoms with van der Waals surface area (Å²) in [5, 5.41) is 15.4. The van der Waals surface area contributed by atoms with Crippen molar-refractivity contribution < 1.29 is 9.21 Å². The fraction of sp³-hybridized carbons (Fsp3) is 0. The monoisotopic (exact) mass is 406 g/mol. The maximum Gasteiger partial charge on any atom is 0.280 e. The number of rotatable bonds is 4. The van der Waals surface area contributed by atoms with Crippen molar-refractivity contribution in [2.75, 3.05) is 5.01 Å². The number of halogens is 1. The Bertz CT molecular complexity index is 1210. The summed E-state index contributed by atoms with van der Waals surface area (Å²) in [6.07, 6.45) is 2.97. The lowest BCUT2D eigenvalue weighted by atomic mass is 10.1. The molecule has 0 atom stereocenters. The minimum absolute atomic E-state index is 0.377. The summed E-state index contributed by atoms with van der Waals surface area (Å²) in [4.78, 5) is 17.6. The van der Waals surface area contributed by atoms with Gasteiger partial charge in [0.1, 0.15) is 5.76 Å². The van der Waals surface area contributed by atoms with Crippen molar-refractivity contribution in [2.24, 2.45) is 5.10 Å². The van der Waals surface area contributed by atoms with Gasteiger partial charge in [-0.15, -0.1) is 0 Å². The molecule has 136 valence electrons. The van der Waals surface area contributed by atoms with Crippen LogP contribution in [0.4, 0.5) is 5.13 Å². The lowest BCUT2D eigenvalue weighted by Crippen LogP contribution is -2.25. The van der Waals surface area contributed by atoms with Crippen molar-refractivity contribution in [1.82, 2.24) is 4.98 Å². The molecule has 0 saturated heterocycles. The molecule has 0 aliphatic heterocycles. The standard InChI is InChI=1S/C20H11ClN4O2S/c21-15-7-8-17-18(10-15)28-20(24-17)25(23-12-16-2-1-9-27-16)19(26)14-5-3-13(11-22)4-6-14/h1-10,12H/b23-12+. The van der Waals surface area contributed by atoms with Gasteiger partial charge in [-0.3, -0.25) is 4.79 Å². The minimum atomic E-state index is -0.377. The van der Waals surface area contributed by atoms with Crippen LogP contribution in [-0.4, -0.2) is 17.1 Å². The van der Waals surface area contributed by atoms with E-state index in [-0.39, 0.29) is 5.91 Å². The molecule has 0 fully saturated rings. The summed E-state index contributed by atoms with van der Waals surface area (Å²) in [5.41, 5.74) is 1.57. The number of benzene rings is 2. The number of carbonyl (C=O) groups is 1. The van der Waals surface area contributed by atoms with E-state index in [9.17, 15) is 4.79 Å². The summed E-state index contributed by atoms with van der Waals surface area (Å²) < 4.78 is 6.09. The van der Waals surface area contributed by atoms with Crippen LogP contribution in [-0.2, 0) is 0 Å². The summed E-state index contributed by atoms with van der Waals surface area (Å²) in [6.45, 7) is 0. The van der Waals surface area contributed by atoms with Gasteiger partial charge in [-0.1, -0.05) is 22.9 Å². The average molecular weight is 407 g/mol. The normalized spacial score (nSPS) is 11.0. The number of hydrogen-bond donors (Lipinski definition) is 0. The van der Waals surface area contributed by atoms with Crippen LogP contribution in [0.2, 0.25) is 5.02 Å². The number of furan rings is 1. The van der Waals surface area contributed by atoms with Gasteiger partial charge in [-0.2, -0.15) is 15.4 Å². The Balaban J connectivity index is 1.75. The maximum atomic E-state index is 13.1. The second-order valence-electron chi connectivity index (χ2n) is 5.67. The molecule has 0 N–H and O–H groups in total. The summed E-state index contributed by atoms with van der Waals surface area (Å²) in [5.74, 6) is 0.124. The smallest absolute Gasteiger partial charge is 0.280 e. The number of fused-ring (bicyclic) bond motifs is 1. The number of hydrogen-bond acceptors (Lipinski definition) is 6. The predicted octanol–water partition coefficient (Wildman–Crippen LogP) is 5.10. The molecular weight excluding hydrogens is 396 g/mol. The van der Waals surface area contributed by atoms with Gasteiger partial charge in [0.05, 0.1) is 34.3 Å². The molecule has 2 aromatic carbocycles. The van der Waals surface area contributed by atoms with Crippen molar-refractivity contribution in [3.05, 3.63) is 82.8 Å². The average Bonchev–Trinajstić information content (AvgIpc) is 3.37. The predicted molar refractivity (Wildman–Crippen MR) is 109 cm³/mol. The van der Waals surface area contributed by atoms with Crippen molar-refractivity contribution in [3.63, 3.8) is 0 Å². The maximum absolute atomic E-state index is 13.1. The lowest BCUT2D eigenvalue weighted by molar-refractivity contribution is 0.0988. The molecule has 4 aromatic rings. The third-order valence-corrected chi connectivity index (χ3v) is 5.05. The Hall–Kier alpha value is -3.47. The minimum Gasteiger partial charge on any atom is -0.463 e. The van der Waals surface area contributed by atoms with E-state index < -0.39 is 0 Å². The van der Waals surface area contributed by atoms with Crippen molar-refractivity contribution >= 4 is 50.4 Å². The summed E-state index contributed by atoms with van der Waals surface area (Å²) >= 11 is 7.35. The molecule has 6 nitrogen and oxygen atoms in total. The van der Waals surface area contributed by atoms with Crippen molar-refractivity contribution in [3.8, 4) is 6.07 Å². The highest BCUT2D eigenvalue weighted by atomic mass is 35.5. The quantitative estimate of drug-likeness (QED) is 0.349. The van der Waals surface area contributed by atoms with Gasteiger partial charge in [0.15, 0.2) is 0 Å². The van der Waals surface area contributed by atoms with E-state index in [0.29, 0.717) is 27.0 Å². The van der Waals surface area contributed by atoms with Crippen LogP contribution in [0.15, 0.2) is 70.4 Å². The Morgan fingerprint density at radius 1 is 1.25 bits per heavy atom. The van der Waals surface area contributed by atoms with Crippen LogP contribution < -0.4 is 5.01 Å². The van der Waals surface area contributed by atoms with E-state index in [1.807, 2.05) is 6.07 Å². The van der Waals surface area contributed by atoms with Crippen LogP contribution >= 0.6 is 22.9 Å². The Kier molecular flexibility index (Phi) is 4.89. The Morgan fingerprint density at radius 2 is 2.07 bits per heavy atom. The molecule has 0 unspecified atom stereocenters. The first kappa shape index (κ1) is 17.9. The zero-order valence-corrected chi connectivity index (χ0v) is 15.8. The highest BCUT2D eigenvalue weighted by Crippen LogP contribution is 2.31. The topological polar surface area (TPSA) is 82.5 Å². The molecule has 0 spiro atoms. The molecular formula is C20H11ClN4O2S. The molecule has 8 heteroatoms.